The quantitative estimate of drug-likeness (QED) is 0.236. The maximum atomic E-state index is 10.4. The zero-order chi connectivity index (χ0) is 18.0. The van der Waals surface area contributed by atoms with Crippen molar-refractivity contribution in [3.05, 3.63) is 48.5 Å². The largest absolute Gasteiger partial charge is 0.481 e. The smallest absolute Gasteiger partial charge is 0.303 e. The van der Waals surface area contributed by atoms with Gasteiger partial charge in [-0.2, -0.15) is 0 Å². The number of hydrogen-bond donors (Lipinski definition) is 1. The van der Waals surface area contributed by atoms with E-state index in [4.69, 9.17) is 9.84 Å². The summed E-state index contributed by atoms with van der Waals surface area (Å²) in [7, 11) is 0. The third kappa shape index (κ3) is 16.9. The molecule has 0 saturated carbocycles. The zero-order valence-electron chi connectivity index (χ0n) is 15.5. The number of allylic oxidation sites excluding steroid dienone is 6. The van der Waals surface area contributed by atoms with Gasteiger partial charge in [-0.1, -0.05) is 88.2 Å². The lowest BCUT2D eigenvalue weighted by Gasteiger charge is -2.02. The van der Waals surface area contributed by atoms with Crippen molar-refractivity contribution in [1.82, 2.24) is 0 Å². The molecule has 1 N–H and O–H groups in total. The van der Waals surface area contributed by atoms with Gasteiger partial charge in [-0.15, -0.1) is 0 Å². The van der Waals surface area contributed by atoms with Crippen LogP contribution in [0.5, 0.6) is 0 Å². The molecular weight excluding hydrogens is 312 g/mol. The van der Waals surface area contributed by atoms with Gasteiger partial charge in [0.15, 0.2) is 5.76 Å². The molecular formula is C22H34O3. The summed E-state index contributed by atoms with van der Waals surface area (Å²) >= 11 is 0. The number of carboxylic acid groups (broad SMARTS) is 1. The molecule has 0 unspecified atom stereocenters. The highest BCUT2D eigenvalue weighted by Gasteiger charge is 2.01. The van der Waals surface area contributed by atoms with Crippen LogP contribution in [0.3, 0.4) is 0 Å². The minimum Gasteiger partial charge on any atom is -0.481 e. The molecule has 0 bridgehead atoms. The Morgan fingerprint density at radius 2 is 1.32 bits per heavy atom. The second kappa shape index (κ2) is 15.7. The van der Waals surface area contributed by atoms with Crippen LogP contribution in [0.15, 0.2) is 48.5 Å². The Hall–Kier alpha value is -1.77. The van der Waals surface area contributed by atoms with E-state index in [0.717, 1.165) is 18.6 Å². The summed E-state index contributed by atoms with van der Waals surface area (Å²) in [6, 6.07) is 0. The van der Waals surface area contributed by atoms with E-state index in [9.17, 15) is 4.79 Å². The fourth-order valence-corrected chi connectivity index (χ4v) is 2.70. The van der Waals surface area contributed by atoms with E-state index in [1.165, 1.54) is 64.2 Å². The highest BCUT2D eigenvalue weighted by Crippen LogP contribution is 2.14. The Balaban J connectivity index is 1.72. The van der Waals surface area contributed by atoms with Crippen LogP contribution in [0.2, 0.25) is 0 Å². The number of unbranched alkanes of at least 4 members (excludes halogenated alkanes) is 11. The number of hydrogen-bond acceptors (Lipinski definition) is 2. The Morgan fingerprint density at radius 1 is 0.800 bits per heavy atom. The monoisotopic (exact) mass is 346 g/mol. The number of rotatable bonds is 17. The molecule has 0 radical (unpaired) electrons. The standard InChI is InChI=1S/C22H34O3/c23-22(24)19-17-15-13-11-9-7-5-3-1-2-4-6-8-10-12-14-16-18-21-20-25-21/h8,10,12,14,16,18,20H,1-7,9,11,13,15,17,19H2,(H,23,24). The van der Waals surface area contributed by atoms with Gasteiger partial charge in [0.25, 0.3) is 0 Å². The number of ether oxygens (including phenoxy) is 1. The second-order valence-corrected chi connectivity index (χ2v) is 6.63. The van der Waals surface area contributed by atoms with Crippen LogP contribution >= 0.6 is 0 Å². The maximum absolute atomic E-state index is 10.4. The molecule has 0 amide bonds. The van der Waals surface area contributed by atoms with Crippen molar-refractivity contribution < 1.29 is 14.6 Å². The van der Waals surface area contributed by atoms with E-state index < -0.39 is 5.97 Å². The van der Waals surface area contributed by atoms with Gasteiger partial charge >= 0.3 is 5.97 Å². The predicted octanol–water partition coefficient (Wildman–Crippen LogP) is 6.68. The van der Waals surface area contributed by atoms with E-state index in [2.05, 4.69) is 18.2 Å². The number of carbonyl (C=O) groups is 1. The van der Waals surface area contributed by atoms with Crippen molar-refractivity contribution >= 4 is 5.97 Å². The molecule has 140 valence electrons. The summed E-state index contributed by atoms with van der Waals surface area (Å²) in [6.07, 6.45) is 29.2. The van der Waals surface area contributed by atoms with Gasteiger partial charge in [-0.05, 0) is 25.3 Å². The molecule has 0 atom stereocenters. The third-order valence-corrected chi connectivity index (χ3v) is 4.25. The van der Waals surface area contributed by atoms with Crippen LogP contribution in [-0.4, -0.2) is 11.1 Å². The molecule has 0 saturated heterocycles. The molecule has 1 aliphatic rings. The fraction of sp³-hybridized carbons (Fsp3) is 0.591. The van der Waals surface area contributed by atoms with Crippen LogP contribution < -0.4 is 0 Å². The summed E-state index contributed by atoms with van der Waals surface area (Å²) in [6.45, 7) is 0. The van der Waals surface area contributed by atoms with Gasteiger partial charge in [0.05, 0.1) is 0 Å². The molecule has 0 fully saturated rings. The molecule has 3 nitrogen and oxygen atoms in total. The summed E-state index contributed by atoms with van der Waals surface area (Å²) < 4.78 is 4.88. The predicted molar refractivity (Wildman–Crippen MR) is 104 cm³/mol. The first kappa shape index (κ1) is 21.3. The molecule has 1 rings (SSSR count). The Kier molecular flexibility index (Phi) is 13.4. The summed E-state index contributed by atoms with van der Waals surface area (Å²) in [4.78, 5) is 10.4. The lowest BCUT2D eigenvalue weighted by Crippen LogP contribution is -1.93. The van der Waals surface area contributed by atoms with E-state index in [-0.39, 0.29) is 0 Å². The number of carboxylic acids is 1. The SMILES string of the molecule is O=C(O)CCCCCCCCCCCCCC=CC=CC=CC1=CO1. The average Bonchev–Trinajstić information content (AvgIpc) is 3.41. The van der Waals surface area contributed by atoms with Gasteiger partial charge in [-0.3, -0.25) is 4.79 Å². The maximum Gasteiger partial charge on any atom is 0.303 e. The molecule has 0 aromatic heterocycles. The first-order valence-corrected chi connectivity index (χ1v) is 9.87. The minimum atomic E-state index is -0.665. The Bertz CT molecular complexity index is 458. The van der Waals surface area contributed by atoms with E-state index in [1.54, 1.807) is 6.26 Å². The van der Waals surface area contributed by atoms with Crippen molar-refractivity contribution in [2.45, 2.75) is 83.5 Å². The van der Waals surface area contributed by atoms with Crippen LogP contribution in [0, 0.1) is 0 Å². The average molecular weight is 347 g/mol. The Morgan fingerprint density at radius 3 is 1.88 bits per heavy atom. The zero-order valence-corrected chi connectivity index (χ0v) is 15.5. The van der Waals surface area contributed by atoms with Crippen molar-refractivity contribution in [2.75, 3.05) is 0 Å². The van der Waals surface area contributed by atoms with Crippen LogP contribution in [0.25, 0.3) is 0 Å². The van der Waals surface area contributed by atoms with Gasteiger partial charge in [-0.25, -0.2) is 0 Å². The third-order valence-electron chi connectivity index (χ3n) is 4.25. The van der Waals surface area contributed by atoms with Crippen molar-refractivity contribution in [2.24, 2.45) is 0 Å². The molecule has 3 heteroatoms. The fourth-order valence-electron chi connectivity index (χ4n) is 2.70. The molecule has 25 heavy (non-hydrogen) atoms. The minimum absolute atomic E-state index is 0.330. The van der Waals surface area contributed by atoms with Gasteiger partial charge < -0.3 is 9.84 Å². The number of aliphatic carboxylic acids is 1. The second-order valence-electron chi connectivity index (χ2n) is 6.63. The molecule has 0 aliphatic carbocycles. The molecule has 0 spiro atoms. The van der Waals surface area contributed by atoms with Gasteiger partial charge in [0.2, 0.25) is 0 Å². The lowest BCUT2D eigenvalue weighted by molar-refractivity contribution is -0.137. The first-order chi connectivity index (χ1) is 12.3. The molecule has 0 aromatic rings. The lowest BCUT2D eigenvalue weighted by atomic mass is 10.0. The van der Waals surface area contributed by atoms with Gasteiger partial charge in [0.1, 0.15) is 6.26 Å². The van der Waals surface area contributed by atoms with Crippen molar-refractivity contribution in [1.29, 1.82) is 0 Å². The summed E-state index contributed by atoms with van der Waals surface area (Å²) in [5, 5.41) is 8.55. The topological polar surface area (TPSA) is 49.8 Å². The Labute approximate surface area is 153 Å². The summed E-state index contributed by atoms with van der Waals surface area (Å²) in [5.74, 6) is 0.283. The molecule has 1 heterocycles. The highest BCUT2D eigenvalue weighted by atomic mass is 16.5. The normalized spacial score (nSPS) is 13.7. The summed E-state index contributed by atoms with van der Waals surface area (Å²) in [5.41, 5.74) is 0. The van der Waals surface area contributed by atoms with Crippen LogP contribution in [0.4, 0.5) is 0 Å². The van der Waals surface area contributed by atoms with Crippen LogP contribution in [0.1, 0.15) is 83.5 Å². The van der Waals surface area contributed by atoms with E-state index in [1.807, 2.05) is 18.2 Å². The van der Waals surface area contributed by atoms with E-state index in [0.29, 0.717) is 6.42 Å². The molecule has 1 aliphatic heterocycles. The first-order valence-electron chi connectivity index (χ1n) is 9.87. The van der Waals surface area contributed by atoms with Crippen molar-refractivity contribution in [3.8, 4) is 0 Å². The van der Waals surface area contributed by atoms with Gasteiger partial charge in [0, 0.05) is 6.42 Å². The highest BCUT2D eigenvalue weighted by molar-refractivity contribution is 5.66. The van der Waals surface area contributed by atoms with Crippen LogP contribution in [-0.2, 0) is 9.53 Å². The molecule has 0 aromatic carbocycles. The van der Waals surface area contributed by atoms with E-state index >= 15 is 0 Å². The van der Waals surface area contributed by atoms with Crippen molar-refractivity contribution in [3.63, 3.8) is 0 Å².